The second-order valence-corrected chi connectivity index (χ2v) is 20.2. The molecule has 6 aromatic rings. The highest BCUT2D eigenvalue weighted by Crippen LogP contribution is 2.67. The zero-order valence-electron chi connectivity index (χ0n) is 42.1. The van der Waals surface area contributed by atoms with Gasteiger partial charge in [-0.25, -0.2) is 19.2 Å². The number of ketones is 1. The van der Waals surface area contributed by atoms with Crippen LogP contribution in [0.3, 0.4) is 0 Å². The van der Waals surface area contributed by atoms with E-state index in [0.717, 1.165) is 18.2 Å². The van der Waals surface area contributed by atoms with Crippen molar-refractivity contribution in [1.82, 2.24) is 0 Å². The van der Waals surface area contributed by atoms with Gasteiger partial charge in [-0.3, -0.25) is 9.59 Å². The summed E-state index contributed by atoms with van der Waals surface area (Å²) in [7, 11) is 0. The Labute approximate surface area is 469 Å². The quantitative estimate of drug-likeness (QED) is 0.0684. The number of benzene rings is 6. The van der Waals surface area contributed by atoms with Gasteiger partial charge in [0.25, 0.3) is 0 Å². The van der Waals surface area contributed by atoms with Gasteiger partial charge in [-0.2, -0.15) is 0 Å². The molecular formula is C55H38O30. The maximum Gasteiger partial charge on any atom is 0.339 e. The maximum atomic E-state index is 15.4. The Bertz CT molecular complexity index is 4100. The fourth-order valence-corrected chi connectivity index (χ4v) is 11.7. The summed E-state index contributed by atoms with van der Waals surface area (Å²) in [6, 6.07) is 6.24. The number of hydrogen-bond donors (Lipinski definition) is 17. The lowest BCUT2D eigenvalue weighted by molar-refractivity contribution is -0.200. The van der Waals surface area contributed by atoms with E-state index in [1.807, 2.05) is 0 Å². The van der Waals surface area contributed by atoms with Crippen LogP contribution in [0.5, 0.6) is 97.7 Å². The van der Waals surface area contributed by atoms with Crippen LogP contribution in [0, 0.1) is 5.92 Å². The number of carbonyl (C=O) groups excluding carboxylic acids is 6. The number of cyclic esters (lactones) is 3. The van der Waals surface area contributed by atoms with E-state index >= 15 is 19.2 Å². The maximum absolute atomic E-state index is 15.4. The van der Waals surface area contributed by atoms with Gasteiger partial charge >= 0.3 is 29.8 Å². The van der Waals surface area contributed by atoms with Crippen molar-refractivity contribution in [2.45, 2.75) is 54.6 Å². The third kappa shape index (κ3) is 7.60. The molecule has 1 saturated heterocycles. The number of fused-ring (bicyclic) bond motifs is 8. The summed E-state index contributed by atoms with van der Waals surface area (Å²) in [4.78, 5) is 90.1. The molecule has 0 unspecified atom stereocenters. The van der Waals surface area contributed by atoms with E-state index in [2.05, 4.69) is 0 Å². The van der Waals surface area contributed by atoms with Gasteiger partial charge in [-0.05, 0) is 48.0 Å². The number of phenolic OH excluding ortho intramolecular Hbond substituents is 15. The van der Waals surface area contributed by atoms with Crippen molar-refractivity contribution in [3.8, 4) is 109 Å². The molecule has 6 aromatic carbocycles. The number of Topliss-reactive ketones (excluding diaryl/α,β-unsaturated/α-hetero) is 1. The number of hydrogen-bond acceptors (Lipinski definition) is 30. The van der Waals surface area contributed by atoms with E-state index in [1.165, 1.54) is 6.07 Å². The lowest BCUT2D eigenvalue weighted by Gasteiger charge is -2.47. The van der Waals surface area contributed by atoms with Crippen LogP contribution in [0.1, 0.15) is 75.7 Å². The number of ether oxygens (including phenoxy) is 7. The summed E-state index contributed by atoms with van der Waals surface area (Å²) in [5, 5.41) is 187. The first-order valence-electron chi connectivity index (χ1n) is 24.7. The average molecular weight is 1180 g/mol. The Morgan fingerprint density at radius 2 is 1.07 bits per heavy atom. The van der Waals surface area contributed by atoms with Crippen LogP contribution in [0.15, 0.2) is 60.4 Å². The van der Waals surface area contributed by atoms with Crippen molar-refractivity contribution < 1.29 is 149 Å². The van der Waals surface area contributed by atoms with E-state index in [1.54, 1.807) is 0 Å². The second-order valence-electron chi connectivity index (χ2n) is 20.2. The van der Waals surface area contributed by atoms with Crippen LogP contribution in [-0.4, -0.2) is 165 Å². The highest BCUT2D eigenvalue weighted by Gasteiger charge is 2.76. The van der Waals surface area contributed by atoms with Crippen molar-refractivity contribution in [3.63, 3.8) is 0 Å². The largest absolute Gasteiger partial charge is 0.507 e. The summed E-state index contributed by atoms with van der Waals surface area (Å²) >= 11 is 0. The minimum atomic E-state index is -3.09. The molecule has 1 fully saturated rings. The number of phenols is 15. The fourth-order valence-electron chi connectivity index (χ4n) is 11.7. The topological polar surface area (TPSA) is 511 Å². The molecule has 438 valence electrons. The van der Waals surface area contributed by atoms with E-state index in [4.69, 9.17) is 33.2 Å². The molecule has 9 atom stereocenters. The molecule has 5 heterocycles. The number of aliphatic hydroxyl groups is 2. The van der Waals surface area contributed by atoms with Crippen molar-refractivity contribution in [2.75, 3.05) is 6.61 Å². The van der Waals surface area contributed by atoms with Gasteiger partial charge in [-0.1, -0.05) is 6.07 Å². The molecule has 12 rings (SSSR count). The third-order valence-corrected chi connectivity index (χ3v) is 15.5. The molecule has 1 spiro atoms. The first-order valence-corrected chi connectivity index (χ1v) is 24.7. The Morgan fingerprint density at radius 1 is 0.529 bits per heavy atom. The summed E-state index contributed by atoms with van der Waals surface area (Å²) in [5.41, 5.74) is -12.8. The monoisotopic (exact) mass is 1180 g/mol. The Hall–Kier alpha value is -11.6. The first-order chi connectivity index (χ1) is 40.2. The van der Waals surface area contributed by atoms with Crippen molar-refractivity contribution >= 4 is 41.2 Å². The van der Waals surface area contributed by atoms with Crippen LogP contribution in [-0.2, 0) is 39.7 Å². The van der Waals surface area contributed by atoms with Gasteiger partial charge in [-0.15, -0.1) is 0 Å². The zero-order valence-corrected chi connectivity index (χ0v) is 42.1. The standard InChI is InChI=1S/C55H38O30/c56-18-2-1-12(3-20(18)58)44-26(64)6-14-19(57)10-27-32(45(14)81-44)34-47-48(84-53(77)17-9-25(63)39(68)42(71)31(17)33-35(54(78)83-47)55(34,85-27)49(73)43(33)72)46-28(80-50(74)13-4-21(59)36(65)22(60)5-13)11-79-51(75)15-7-23(61)37(66)40(69)29(15)30-16(52(76)82-46)8-24(62)38(67)41(30)70/h1-5,7-10,26,28,34-35,44,46-48,56-72H,6,11H2/t26-,28-,34+,35-,44+,46+,47+,48-,55-/m0/s1. The molecule has 0 saturated carbocycles. The van der Waals surface area contributed by atoms with Gasteiger partial charge in [0, 0.05) is 45.9 Å². The first kappa shape index (κ1) is 54.0. The van der Waals surface area contributed by atoms with Gasteiger partial charge in [0.05, 0.1) is 34.3 Å². The van der Waals surface area contributed by atoms with E-state index in [0.29, 0.717) is 30.3 Å². The molecule has 17 N–H and O–H groups in total. The number of aromatic hydroxyl groups is 15. The predicted octanol–water partition coefficient (Wildman–Crippen LogP) is 2.44. The molecule has 0 aromatic heterocycles. The molecular weight excluding hydrogens is 1140 g/mol. The van der Waals surface area contributed by atoms with Gasteiger partial charge in [0.1, 0.15) is 35.9 Å². The van der Waals surface area contributed by atoms with Crippen LogP contribution < -0.4 is 9.47 Å². The van der Waals surface area contributed by atoms with Crippen LogP contribution >= 0.6 is 0 Å². The average Bonchev–Trinajstić information content (AvgIpc) is 1.52. The molecule has 1 aliphatic carbocycles. The predicted molar refractivity (Wildman–Crippen MR) is 268 cm³/mol. The third-order valence-electron chi connectivity index (χ3n) is 15.5. The Balaban J connectivity index is 1.15. The van der Waals surface area contributed by atoms with Crippen molar-refractivity contribution in [1.29, 1.82) is 0 Å². The molecule has 0 amide bonds. The molecule has 5 aliphatic heterocycles. The molecule has 0 radical (unpaired) electrons. The molecule has 30 nitrogen and oxygen atoms in total. The second kappa shape index (κ2) is 18.5. The lowest BCUT2D eigenvalue weighted by Crippen LogP contribution is -2.65. The summed E-state index contributed by atoms with van der Waals surface area (Å²) in [6.45, 7) is -1.57. The minimum Gasteiger partial charge on any atom is -0.507 e. The number of esters is 5. The van der Waals surface area contributed by atoms with E-state index in [9.17, 15) is 96.4 Å². The highest BCUT2D eigenvalue weighted by atomic mass is 16.6. The molecule has 6 aliphatic rings. The summed E-state index contributed by atoms with van der Waals surface area (Å²) in [6.07, 6.45) is -14.9. The molecule has 30 heteroatoms. The van der Waals surface area contributed by atoms with Gasteiger partial charge in [0.2, 0.25) is 28.6 Å². The zero-order chi connectivity index (χ0) is 61.1. The van der Waals surface area contributed by atoms with Gasteiger partial charge < -0.3 is 120 Å². The van der Waals surface area contributed by atoms with Crippen LogP contribution in [0.25, 0.3) is 16.7 Å². The number of rotatable bonds is 4. The highest BCUT2D eigenvalue weighted by molar-refractivity contribution is 6.21. The normalized spacial score (nSPS) is 24.5. The lowest BCUT2D eigenvalue weighted by atomic mass is 9.66. The van der Waals surface area contributed by atoms with Crippen molar-refractivity contribution in [2.24, 2.45) is 5.92 Å². The summed E-state index contributed by atoms with van der Waals surface area (Å²) in [5.74, 6) is -36.5. The molecule has 85 heavy (non-hydrogen) atoms. The molecule has 4 bridgehead atoms. The smallest absolute Gasteiger partial charge is 0.339 e. The SMILES string of the molecule is O=C(O[C@H]1COC(=O)c2cc(O)c(O)c(O)c2-c2c(cc(O)c(O)c2O)C(=O)O[C@H]1[C@@H]1OC(=O)c2cc(O)c(O)c(O)c2C2=C(O)C(=O)[C@]34Oc5cc(O)c6c(c5[C@@H]3[C@H]1OC(=O)[C@H]24)O[C@H](c1ccc(O)c(O)c1)[C@@H](O)C6)c1cc(O)c(O)c(O)c1. The minimum absolute atomic E-state index is 0.0519. The summed E-state index contributed by atoms with van der Waals surface area (Å²) < 4.78 is 42.5. The van der Waals surface area contributed by atoms with Crippen LogP contribution in [0.2, 0.25) is 0 Å². The Morgan fingerprint density at radius 3 is 1.66 bits per heavy atom. The number of carbonyl (C=O) groups is 6. The van der Waals surface area contributed by atoms with E-state index in [-0.39, 0.29) is 11.1 Å². The van der Waals surface area contributed by atoms with E-state index < -0.39 is 256 Å². The fraction of sp³-hybridized carbons (Fsp3) is 0.200. The number of aliphatic hydroxyl groups excluding tert-OH is 2. The van der Waals surface area contributed by atoms with Gasteiger partial charge in [0.15, 0.2) is 93.4 Å². The van der Waals surface area contributed by atoms with Crippen molar-refractivity contribution in [3.05, 3.63) is 105 Å². The van der Waals surface area contributed by atoms with Crippen LogP contribution in [0.4, 0.5) is 0 Å². The Kier molecular flexibility index (Phi) is 11.8.